The third-order valence-electron chi connectivity index (χ3n) is 4.59. The summed E-state index contributed by atoms with van der Waals surface area (Å²) in [4.78, 5) is 30.4. The van der Waals surface area contributed by atoms with Crippen LogP contribution in [-0.4, -0.2) is 43.2 Å². The zero-order valence-corrected chi connectivity index (χ0v) is 14.1. The number of aromatic amines is 1. The van der Waals surface area contributed by atoms with Crippen LogP contribution in [0.3, 0.4) is 0 Å². The average molecular weight is 327 g/mol. The SMILES string of the molecule is CCc1cc(C(=O)O)c(=O)[nH]c1-c1ccc2c(c1)N(C)CCN2C. The average Bonchev–Trinajstić information content (AvgIpc) is 2.57. The van der Waals surface area contributed by atoms with Crippen LogP contribution >= 0.6 is 0 Å². The second kappa shape index (κ2) is 6.03. The summed E-state index contributed by atoms with van der Waals surface area (Å²) < 4.78 is 0. The Morgan fingerprint density at radius 1 is 1.17 bits per heavy atom. The van der Waals surface area contributed by atoms with Crippen LogP contribution < -0.4 is 15.4 Å². The summed E-state index contributed by atoms with van der Waals surface area (Å²) in [5.74, 6) is -1.20. The van der Waals surface area contributed by atoms with Gasteiger partial charge in [0.15, 0.2) is 0 Å². The molecule has 0 amide bonds. The maximum Gasteiger partial charge on any atom is 0.341 e. The number of likely N-dealkylation sites (N-methyl/N-ethyl adjacent to an activating group) is 2. The number of hydrogen-bond acceptors (Lipinski definition) is 4. The normalized spacial score (nSPS) is 13.8. The van der Waals surface area contributed by atoms with Crippen molar-refractivity contribution in [1.29, 1.82) is 0 Å². The lowest BCUT2D eigenvalue weighted by molar-refractivity contribution is 0.0695. The molecule has 1 aromatic carbocycles. The van der Waals surface area contributed by atoms with Gasteiger partial charge in [-0.25, -0.2) is 4.79 Å². The van der Waals surface area contributed by atoms with Gasteiger partial charge in [-0.2, -0.15) is 0 Å². The van der Waals surface area contributed by atoms with Crippen molar-refractivity contribution in [1.82, 2.24) is 4.98 Å². The van der Waals surface area contributed by atoms with E-state index in [9.17, 15) is 9.59 Å². The molecule has 126 valence electrons. The van der Waals surface area contributed by atoms with E-state index in [1.54, 1.807) is 0 Å². The van der Waals surface area contributed by atoms with E-state index in [-0.39, 0.29) is 5.56 Å². The van der Waals surface area contributed by atoms with Gasteiger partial charge in [0.1, 0.15) is 5.56 Å². The smallest absolute Gasteiger partial charge is 0.341 e. The van der Waals surface area contributed by atoms with Crippen molar-refractivity contribution in [3.63, 3.8) is 0 Å². The van der Waals surface area contributed by atoms with Gasteiger partial charge in [0.05, 0.1) is 17.1 Å². The van der Waals surface area contributed by atoms with Crippen LogP contribution in [0.2, 0.25) is 0 Å². The van der Waals surface area contributed by atoms with Crippen molar-refractivity contribution in [3.8, 4) is 11.3 Å². The van der Waals surface area contributed by atoms with Crippen molar-refractivity contribution in [3.05, 3.63) is 45.7 Å². The molecule has 0 saturated heterocycles. The molecule has 2 heterocycles. The van der Waals surface area contributed by atoms with Gasteiger partial charge in [0, 0.05) is 32.7 Å². The first-order chi connectivity index (χ1) is 11.4. The van der Waals surface area contributed by atoms with Crippen LogP contribution in [0.5, 0.6) is 0 Å². The van der Waals surface area contributed by atoms with Gasteiger partial charge >= 0.3 is 5.97 Å². The first kappa shape index (κ1) is 16.1. The third kappa shape index (κ3) is 2.64. The fourth-order valence-electron chi connectivity index (χ4n) is 3.12. The molecule has 0 bridgehead atoms. The summed E-state index contributed by atoms with van der Waals surface area (Å²) in [6, 6.07) is 7.55. The van der Waals surface area contributed by atoms with E-state index >= 15 is 0 Å². The molecule has 0 aliphatic carbocycles. The van der Waals surface area contributed by atoms with Crippen molar-refractivity contribution < 1.29 is 9.90 Å². The molecule has 2 aromatic rings. The Hall–Kier alpha value is -2.76. The number of rotatable bonds is 3. The molecule has 1 aromatic heterocycles. The molecule has 1 aliphatic rings. The summed E-state index contributed by atoms with van der Waals surface area (Å²) in [6.07, 6.45) is 0.638. The van der Waals surface area contributed by atoms with Crippen LogP contribution in [0.4, 0.5) is 11.4 Å². The quantitative estimate of drug-likeness (QED) is 0.904. The van der Waals surface area contributed by atoms with Crippen LogP contribution in [-0.2, 0) is 6.42 Å². The predicted octanol–water partition coefficient (Wildman–Crippen LogP) is 2.19. The van der Waals surface area contributed by atoms with Crippen molar-refractivity contribution in [2.45, 2.75) is 13.3 Å². The second-order valence-corrected chi connectivity index (χ2v) is 6.12. The van der Waals surface area contributed by atoms with Crippen LogP contribution in [0.1, 0.15) is 22.8 Å². The topological polar surface area (TPSA) is 76.6 Å². The van der Waals surface area contributed by atoms with Crippen molar-refractivity contribution >= 4 is 17.3 Å². The summed E-state index contributed by atoms with van der Waals surface area (Å²) in [7, 11) is 4.11. The van der Waals surface area contributed by atoms with E-state index < -0.39 is 11.5 Å². The number of nitrogens with zero attached hydrogens (tertiary/aromatic N) is 2. The molecule has 6 heteroatoms. The molecule has 3 rings (SSSR count). The Morgan fingerprint density at radius 2 is 1.83 bits per heavy atom. The molecule has 1 aliphatic heterocycles. The van der Waals surface area contributed by atoms with Gasteiger partial charge in [0.25, 0.3) is 5.56 Å². The lowest BCUT2D eigenvalue weighted by atomic mass is 10.00. The molecule has 24 heavy (non-hydrogen) atoms. The van der Waals surface area contributed by atoms with E-state index in [4.69, 9.17) is 5.11 Å². The molecule has 0 atom stereocenters. The van der Waals surface area contributed by atoms with Gasteiger partial charge in [-0.3, -0.25) is 4.79 Å². The molecule has 0 radical (unpaired) electrons. The molecule has 0 unspecified atom stereocenters. The molecule has 0 saturated carbocycles. The highest BCUT2D eigenvalue weighted by molar-refractivity contribution is 5.88. The van der Waals surface area contributed by atoms with Gasteiger partial charge in [-0.15, -0.1) is 0 Å². The molecule has 0 spiro atoms. The number of hydrogen-bond donors (Lipinski definition) is 2. The minimum atomic E-state index is -1.20. The minimum absolute atomic E-state index is 0.217. The lowest BCUT2D eigenvalue weighted by Crippen LogP contribution is -2.36. The molecule has 2 N–H and O–H groups in total. The predicted molar refractivity (Wildman–Crippen MR) is 95.4 cm³/mol. The lowest BCUT2D eigenvalue weighted by Gasteiger charge is -2.35. The monoisotopic (exact) mass is 327 g/mol. The second-order valence-electron chi connectivity index (χ2n) is 6.12. The number of fused-ring (bicyclic) bond motifs is 1. The molecule has 6 nitrogen and oxygen atoms in total. The highest BCUT2D eigenvalue weighted by Crippen LogP contribution is 2.35. The number of nitrogens with one attached hydrogen (secondary N) is 1. The fourth-order valence-corrected chi connectivity index (χ4v) is 3.12. The highest BCUT2D eigenvalue weighted by Gasteiger charge is 2.20. The highest BCUT2D eigenvalue weighted by atomic mass is 16.4. The Balaban J connectivity index is 2.16. The number of carbonyl (C=O) groups is 1. The number of anilines is 2. The van der Waals surface area contributed by atoms with Crippen LogP contribution in [0, 0.1) is 0 Å². The van der Waals surface area contributed by atoms with Crippen LogP contribution in [0.15, 0.2) is 29.1 Å². The standard InChI is InChI=1S/C18H21N3O3/c1-4-11-9-13(18(23)24)17(22)19-16(11)12-5-6-14-15(10-12)21(3)8-7-20(14)2/h5-6,9-10H,4,7-8H2,1-3H3,(H,19,22)(H,23,24). The van der Waals surface area contributed by atoms with Gasteiger partial charge in [-0.05, 0) is 30.2 Å². The van der Waals surface area contributed by atoms with E-state index in [2.05, 4.69) is 27.9 Å². The van der Waals surface area contributed by atoms with Crippen molar-refractivity contribution in [2.24, 2.45) is 0 Å². The molecule has 0 fully saturated rings. The van der Waals surface area contributed by atoms with Gasteiger partial charge in [0.2, 0.25) is 0 Å². The Morgan fingerprint density at radius 3 is 2.46 bits per heavy atom. The number of carboxylic acid groups (broad SMARTS) is 1. The first-order valence-electron chi connectivity index (χ1n) is 7.98. The largest absolute Gasteiger partial charge is 0.477 e. The van der Waals surface area contributed by atoms with Gasteiger partial charge < -0.3 is 19.9 Å². The van der Waals surface area contributed by atoms with E-state index in [0.29, 0.717) is 12.1 Å². The van der Waals surface area contributed by atoms with Crippen molar-refractivity contribution in [2.75, 3.05) is 37.0 Å². The maximum atomic E-state index is 12.1. The number of aryl methyl sites for hydroxylation is 1. The molecular weight excluding hydrogens is 306 g/mol. The number of H-pyrrole nitrogens is 1. The van der Waals surface area contributed by atoms with E-state index in [0.717, 1.165) is 35.6 Å². The Kier molecular flexibility index (Phi) is 4.05. The van der Waals surface area contributed by atoms with Crippen LogP contribution in [0.25, 0.3) is 11.3 Å². The zero-order valence-electron chi connectivity index (χ0n) is 14.1. The summed E-state index contributed by atoms with van der Waals surface area (Å²) in [6.45, 7) is 3.84. The Labute approximate surface area is 140 Å². The fraction of sp³-hybridized carbons (Fsp3) is 0.333. The van der Waals surface area contributed by atoms with E-state index in [1.807, 2.05) is 26.1 Å². The zero-order chi connectivity index (χ0) is 17.4. The first-order valence-corrected chi connectivity index (χ1v) is 7.98. The number of aromatic carboxylic acids is 1. The summed E-state index contributed by atoms with van der Waals surface area (Å²) in [5, 5.41) is 9.14. The summed E-state index contributed by atoms with van der Waals surface area (Å²) in [5.41, 5.74) is 3.86. The third-order valence-corrected chi connectivity index (χ3v) is 4.59. The number of pyridine rings is 1. The number of carboxylic acids is 1. The Bertz CT molecular complexity index is 857. The molecular formula is C18H21N3O3. The van der Waals surface area contributed by atoms with Gasteiger partial charge in [-0.1, -0.05) is 13.0 Å². The van der Waals surface area contributed by atoms with E-state index in [1.165, 1.54) is 6.07 Å². The number of benzene rings is 1. The maximum absolute atomic E-state index is 12.1. The summed E-state index contributed by atoms with van der Waals surface area (Å²) >= 11 is 0. The minimum Gasteiger partial charge on any atom is -0.477 e. The number of aromatic nitrogens is 1.